The number of amides is 1. The first kappa shape index (κ1) is 28.5. The normalized spacial score (nSPS) is 10.4. The fraction of sp³-hybridized carbons (Fsp3) is 0.194. The number of carbonyl (C=O) groups is 1. The lowest BCUT2D eigenvalue weighted by molar-refractivity contribution is 0.0952. The monoisotopic (exact) mass is 559 g/mol. The SMILES string of the molecule is COc1cc(OC)cc(-c2ccc(OC)c(SNc3cccc(NCCNC(=O)c4ccccc4OC)c3)c2)c1. The van der Waals surface area contributed by atoms with Crippen LogP contribution in [0, 0.1) is 0 Å². The zero-order chi connectivity index (χ0) is 28.3. The summed E-state index contributed by atoms with van der Waals surface area (Å²) in [5.74, 6) is 2.59. The van der Waals surface area contributed by atoms with Crippen molar-refractivity contribution in [1.82, 2.24) is 5.32 Å². The first-order valence-electron chi connectivity index (χ1n) is 12.6. The maximum absolute atomic E-state index is 12.5. The Morgan fingerprint density at radius 2 is 1.40 bits per heavy atom. The van der Waals surface area contributed by atoms with Crippen LogP contribution in [0.1, 0.15) is 10.4 Å². The van der Waals surface area contributed by atoms with Gasteiger partial charge in [0.05, 0.1) is 38.9 Å². The molecule has 4 aromatic carbocycles. The van der Waals surface area contributed by atoms with Crippen molar-refractivity contribution in [2.24, 2.45) is 0 Å². The molecule has 0 saturated carbocycles. The van der Waals surface area contributed by atoms with Crippen molar-refractivity contribution < 1.29 is 23.7 Å². The number of hydrogen-bond donors (Lipinski definition) is 3. The van der Waals surface area contributed by atoms with Crippen LogP contribution in [0.5, 0.6) is 23.0 Å². The third-order valence-corrected chi connectivity index (χ3v) is 6.96. The number of nitrogens with one attached hydrogen (secondary N) is 3. The summed E-state index contributed by atoms with van der Waals surface area (Å²) in [6.07, 6.45) is 0. The lowest BCUT2D eigenvalue weighted by Gasteiger charge is -2.14. The Kier molecular flexibility index (Phi) is 10.0. The Morgan fingerprint density at radius 3 is 2.12 bits per heavy atom. The van der Waals surface area contributed by atoms with Gasteiger partial charge in [-0.3, -0.25) is 4.79 Å². The smallest absolute Gasteiger partial charge is 0.255 e. The van der Waals surface area contributed by atoms with E-state index in [1.165, 1.54) is 11.9 Å². The number of carbonyl (C=O) groups excluding carboxylic acids is 1. The van der Waals surface area contributed by atoms with Gasteiger partial charge in [0.15, 0.2) is 0 Å². The lowest BCUT2D eigenvalue weighted by Crippen LogP contribution is -2.29. The molecule has 8 nitrogen and oxygen atoms in total. The van der Waals surface area contributed by atoms with Gasteiger partial charge in [0.1, 0.15) is 23.0 Å². The highest BCUT2D eigenvalue weighted by atomic mass is 32.2. The van der Waals surface area contributed by atoms with Crippen LogP contribution in [0.3, 0.4) is 0 Å². The molecular formula is C31H33N3O5S. The van der Waals surface area contributed by atoms with Gasteiger partial charge in [0.25, 0.3) is 5.91 Å². The summed E-state index contributed by atoms with van der Waals surface area (Å²) in [6.45, 7) is 1.03. The van der Waals surface area contributed by atoms with Crippen molar-refractivity contribution in [1.29, 1.82) is 0 Å². The number of hydrogen-bond acceptors (Lipinski definition) is 8. The average Bonchev–Trinajstić information content (AvgIpc) is 3.01. The minimum atomic E-state index is -0.172. The Hall–Kier alpha value is -4.50. The van der Waals surface area contributed by atoms with Gasteiger partial charge in [-0.15, -0.1) is 0 Å². The molecule has 4 aromatic rings. The molecule has 0 aromatic heterocycles. The summed E-state index contributed by atoms with van der Waals surface area (Å²) in [5.41, 5.74) is 4.35. The maximum Gasteiger partial charge on any atom is 0.255 e. The second-order valence-electron chi connectivity index (χ2n) is 8.63. The molecule has 0 fully saturated rings. The minimum absolute atomic E-state index is 0.172. The van der Waals surface area contributed by atoms with E-state index in [2.05, 4.69) is 21.4 Å². The molecule has 0 atom stereocenters. The van der Waals surface area contributed by atoms with Crippen molar-refractivity contribution >= 4 is 29.2 Å². The summed E-state index contributed by atoms with van der Waals surface area (Å²) < 4.78 is 25.1. The second-order valence-corrected chi connectivity index (χ2v) is 9.48. The third-order valence-electron chi connectivity index (χ3n) is 6.08. The highest BCUT2D eigenvalue weighted by Gasteiger charge is 2.12. The van der Waals surface area contributed by atoms with E-state index in [0.29, 0.717) is 24.4 Å². The molecule has 0 radical (unpaired) electrons. The molecule has 4 rings (SSSR count). The van der Waals surface area contributed by atoms with Gasteiger partial charge in [0.2, 0.25) is 0 Å². The largest absolute Gasteiger partial charge is 0.497 e. The van der Waals surface area contributed by atoms with Crippen molar-refractivity contribution in [2.75, 3.05) is 51.6 Å². The predicted molar refractivity (Wildman–Crippen MR) is 161 cm³/mol. The van der Waals surface area contributed by atoms with Gasteiger partial charge in [0, 0.05) is 30.5 Å². The van der Waals surface area contributed by atoms with Gasteiger partial charge in [-0.2, -0.15) is 0 Å². The predicted octanol–water partition coefficient (Wildman–Crippen LogP) is 6.35. The molecule has 0 bridgehead atoms. The number of methoxy groups -OCH3 is 4. The highest BCUT2D eigenvalue weighted by molar-refractivity contribution is 8.00. The molecule has 0 spiro atoms. The van der Waals surface area contributed by atoms with E-state index >= 15 is 0 Å². The van der Waals surface area contributed by atoms with Crippen molar-refractivity contribution in [3.63, 3.8) is 0 Å². The highest BCUT2D eigenvalue weighted by Crippen LogP contribution is 2.36. The van der Waals surface area contributed by atoms with E-state index in [-0.39, 0.29) is 5.91 Å². The maximum atomic E-state index is 12.5. The minimum Gasteiger partial charge on any atom is -0.497 e. The van der Waals surface area contributed by atoms with Gasteiger partial charge in [-0.05, 0) is 77.7 Å². The van der Waals surface area contributed by atoms with E-state index in [0.717, 1.165) is 44.6 Å². The Morgan fingerprint density at radius 1 is 0.675 bits per heavy atom. The summed E-state index contributed by atoms with van der Waals surface area (Å²) in [6, 6.07) is 26.9. The Bertz CT molecular complexity index is 1420. The standard InChI is InChI=1S/C31H33N3O5S/c1-36-25-16-22(17-26(20-25)37-2)21-12-13-29(39-4)30(18-21)40-34-24-9-7-8-23(19-24)32-14-15-33-31(35)27-10-5-6-11-28(27)38-3/h5-13,16-20,32,34H,14-15H2,1-4H3,(H,33,35). The molecule has 0 aliphatic rings. The molecule has 0 saturated heterocycles. The topological polar surface area (TPSA) is 90.1 Å². The molecule has 0 heterocycles. The summed E-state index contributed by atoms with van der Waals surface area (Å²) in [4.78, 5) is 13.4. The van der Waals surface area contributed by atoms with Crippen LogP contribution < -0.4 is 34.3 Å². The second kappa shape index (κ2) is 14.0. The number of para-hydroxylation sites is 1. The van der Waals surface area contributed by atoms with Gasteiger partial charge >= 0.3 is 0 Å². The van der Waals surface area contributed by atoms with Crippen LogP contribution in [-0.2, 0) is 0 Å². The average molecular weight is 560 g/mol. The number of rotatable bonds is 13. The quantitative estimate of drug-likeness (QED) is 0.129. The van der Waals surface area contributed by atoms with E-state index < -0.39 is 0 Å². The van der Waals surface area contributed by atoms with Crippen molar-refractivity contribution in [3.05, 3.63) is 90.5 Å². The van der Waals surface area contributed by atoms with Crippen molar-refractivity contribution in [2.45, 2.75) is 4.90 Å². The Balaban J connectivity index is 1.37. The van der Waals surface area contributed by atoms with Gasteiger partial charge < -0.3 is 34.3 Å². The molecule has 0 unspecified atom stereocenters. The number of anilines is 2. The van der Waals surface area contributed by atoms with Crippen molar-refractivity contribution in [3.8, 4) is 34.1 Å². The molecule has 0 aliphatic heterocycles. The summed E-state index contributed by atoms with van der Waals surface area (Å²) in [7, 11) is 6.49. The van der Waals surface area contributed by atoms with Gasteiger partial charge in [-0.1, -0.05) is 24.3 Å². The molecule has 9 heteroatoms. The van der Waals surface area contributed by atoms with Crippen LogP contribution in [-0.4, -0.2) is 47.4 Å². The summed E-state index contributed by atoms with van der Waals surface area (Å²) in [5, 5.41) is 6.27. The molecule has 0 aliphatic carbocycles. The van der Waals surface area contributed by atoms with E-state index in [1.807, 2.05) is 66.7 Å². The number of benzene rings is 4. The van der Waals surface area contributed by atoms with Crippen LogP contribution in [0.2, 0.25) is 0 Å². The first-order valence-corrected chi connectivity index (χ1v) is 13.5. The van der Waals surface area contributed by atoms with Crippen LogP contribution in [0.4, 0.5) is 11.4 Å². The first-order chi connectivity index (χ1) is 19.5. The van der Waals surface area contributed by atoms with Gasteiger partial charge in [-0.25, -0.2) is 0 Å². The fourth-order valence-electron chi connectivity index (χ4n) is 4.03. The molecule has 40 heavy (non-hydrogen) atoms. The van der Waals surface area contributed by atoms with Crippen LogP contribution in [0.25, 0.3) is 11.1 Å². The van der Waals surface area contributed by atoms with Crippen LogP contribution >= 0.6 is 11.9 Å². The van der Waals surface area contributed by atoms with Crippen LogP contribution in [0.15, 0.2) is 89.8 Å². The van der Waals surface area contributed by atoms with E-state index in [9.17, 15) is 4.79 Å². The third kappa shape index (κ3) is 7.33. The zero-order valence-corrected chi connectivity index (χ0v) is 23.8. The molecule has 1 amide bonds. The Labute approximate surface area is 239 Å². The fourth-order valence-corrected chi connectivity index (χ4v) is 4.82. The molecular weight excluding hydrogens is 526 g/mol. The molecule has 208 valence electrons. The zero-order valence-electron chi connectivity index (χ0n) is 22.9. The van der Waals surface area contributed by atoms with E-state index in [4.69, 9.17) is 18.9 Å². The number of ether oxygens (including phenoxy) is 4. The lowest BCUT2D eigenvalue weighted by atomic mass is 10.0. The molecule has 3 N–H and O–H groups in total. The summed E-state index contributed by atoms with van der Waals surface area (Å²) >= 11 is 1.46. The van der Waals surface area contributed by atoms with E-state index in [1.54, 1.807) is 40.6 Å².